The molecule has 1 atom stereocenters. The summed E-state index contributed by atoms with van der Waals surface area (Å²) in [6.07, 6.45) is 0.766. The van der Waals surface area contributed by atoms with Crippen molar-refractivity contribution in [1.82, 2.24) is 25.2 Å². The van der Waals surface area contributed by atoms with E-state index in [9.17, 15) is 14.5 Å². The molecule has 1 aromatic carbocycles. The highest BCUT2D eigenvalue weighted by Crippen LogP contribution is 2.20. The van der Waals surface area contributed by atoms with Crippen LogP contribution in [0.2, 0.25) is 0 Å². The molecule has 35 heavy (non-hydrogen) atoms. The summed E-state index contributed by atoms with van der Waals surface area (Å²) in [5.41, 5.74) is -0.407. The number of pyridine rings is 1. The Morgan fingerprint density at radius 1 is 1.06 bits per heavy atom. The number of carbonyl (C=O) groups excluding carboxylic acids is 2. The number of nitrogens with one attached hydrogen (secondary N) is 2. The number of fused-ring (bicyclic) bond motifs is 1. The van der Waals surface area contributed by atoms with Crippen molar-refractivity contribution < 1.29 is 19.1 Å². The van der Waals surface area contributed by atoms with Crippen LogP contribution in [-0.4, -0.2) is 44.3 Å². The number of hydrogen-bond donors (Lipinski definition) is 2. The van der Waals surface area contributed by atoms with Crippen LogP contribution in [0.4, 0.5) is 10.5 Å². The normalized spacial score (nSPS) is 12.7. The number of amides is 2. The van der Waals surface area contributed by atoms with Gasteiger partial charge in [0.25, 0.3) is 0 Å². The largest absolute Gasteiger partial charge is 0.444 e. The third-order valence-electron chi connectivity index (χ3n) is 4.91. The summed E-state index contributed by atoms with van der Waals surface area (Å²) < 4.78 is 12.7. The summed E-state index contributed by atoms with van der Waals surface area (Å²) in [7, 11) is 0. The number of aromatic nitrogens is 3. The van der Waals surface area contributed by atoms with Crippen molar-refractivity contribution in [3.05, 3.63) is 65.0 Å². The SMILES string of the molecule is CC(C)(C)OC(=O)NC(C)(C)C(=O)N[C@H](COCc1ccccc1)c1nnc2ccc(N=O)cn12. The Labute approximate surface area is 203 Å². The van der Waals surface area contributed by atoms with Gasteiger partial charge in [0, 0.05) is 6.20 Å². The number of rotatable bonds is 9. The molecule has 2 heterocycles. The standard InChI is InChI=1S/C24H30N6O5/c1-23(2,3)35-22(32)26-24(4,5)21(31)25-18(15-34-14-16-9-7-6-8-10-16)20-28-27-19-12-11-17(29-33)13-30(19)20/h6-13,18H,14-15H2,1-5H3,(H,25,31)(H,26,32)/t18-/m1/s1. The van der Waals surface area contributed by atoms with E-state index in [1.165, 1.54) is 12.3 Å². The zero-order chi connectivity index (χ0) is 25.6. The lowest BCUT2D eigenvalue weighted by Crippen LogP contribution is -2.56. The molecule has 11 nitrogen and oxygen atoms in total. The molecule has 0 bridgehead atoms. The molecule has 0 saturated heterocycles. The topological polar surface area (TPSA) is 136 Å². The Morgan fingerprint density at radius 3 is 2.43 bits per heavy atom. The number of benzene rings is 1. The third-order valence-corrected chi connectivity index (χ3v) is 4.91. The van der Waals surface area contributed by atoms with Crippen molar-refractivity contribution >= 4 is 23.3 Å². The number of nitrogens with zero attached hydrogens (tertiary/aromatic N) is 4. The van der Waals surface area contributed by atoms with E-state index in [0.29, 0.717) is 18.1 Å². The Morgan fingerprint density at radius 2 is 1.77 bits per heavy atom. The first-order chi connectivity index (χ1) is 16.5. The van der Waals surface area contributed by atoms with Crippen LogP contribution in [0.5, 0.6) is 0 Å². The van der Waals surface area contributed by atoms with Gasteiger partial charge in [0.1, 0.15) is 22.9 Å². The van der Waals surface area contributed by atoms with Gasteiger partial charge in [-0.05, 0) is 57.5 Å². The average molecular weight is 483 g/mol. The molecule has 0 aliphatic carbocycles. The fourth-order valence-corrected chi connectivity index (χ4v) is 3.19. The minimum absolute atomic E-state index is 0.0582. The van der Waals surface area contributed by atoms with Crippen molar-refractivity contribution in [2.45, 2.75) is 58.4 Å². The summed E-state index contributed by atoms with van der Waals surface area (Å²) in [4.78, 5) is 36.5. The first-order valence-corrected chi connectivity index (χ1v) is 11.1. The molecule has 2 N–H and O–H groups in total. The van der Waals surface area contributed by atoms with Crippen molar-refractivity contribution in [2.24, 2.45) is 5.18 Å². The number of ether oxygens (including phenoxy) is 2. The number of carbonyl (C=O) groups is 2. The Bertz CT molecular complexity index is 1190. The monoisotopic (exact) mass is 482 g/mol. The van der Waals surface area contributed by atoms with Crippen LogP contribution < -0.4 is 10.6 Å². The first-order valence-electron chi connectivity index (χ1n) is 11.1. The molecule has 11 heteroatoms. The van der Waals surface area contributed by atoms with Crippen LogP contribution in [0.25, 0.3) is 5.65 Å². The van der Waals surface area contributed by atoms with Crippen LogP contribution in [0, 0.1) is 4.91 Å². The predicted octanol–water partition coefficient (Wildman–Crippen LogP) is 3.80. The maximum absolute atomic E-state index is 13.2. The lowest BCUT2D eigenvalue weighted by Gasteiger charge is -2.29. The zero-order valence-corrected chi connectivity index (χ0v) is 20.4. The van der Waals surface area contributed by atoms with Gasteiger partial charge in [-0.2, -0.15) is 0 Å². The van der Waals surface area contributed by atoms with Crippen LogP contribution in [-0.2, 0) is 20.9 Å². The molecule has 2 aromatic heterocycles. The fourth-order valence-electron chi connectivity index (χ4n) is 3.19. The molecular formula is C24H30N6O5. The van der Waals surface area contributed by atoms with Gasteiger partial charge >= 0.3 is 6.09 Å². The van der Waals surface area contributed by atoms with Gasteiger partial charge in [0.2, 0.25) is 5.91 Å². The van der Waals surface area contributed by atoms with Crippen molar-refractivity contribution in [3.63, 3.8) is 0 Å². The van der Waals surface area contributed by atoms with E-state index in [2.05, 4.69) is 26.0 Å². The van der Waals surface area contributed by atoms with Crippen LogP contribution in [0.1, 0.15) is 52.0 Å². The van der Waals surface area contributed by atoms with E-state index in [1.807, 2.05) is 30.3 Å². The smallest absolute Gasteiger partial charge is 0.408 e. The second-order valence-corrected chi connectivity index (χ2v) is 9.54. The number of alkyl carbamates (subject to hydrolysis) is 1. The van der Waals surface area contributed by atoms with E-state index in [0.717, 1.165) is 5.56 Å². The molecule has 0 radical (unpaired) electrons. The minimum Gasteiger partial charge on any atom is -0.444 e. The molecule has 3 rings (SSSR count). The van der Waals surface area contributed by atoms with Crippen LogP contribution in [0.15, 0.2) is 53.8 Å². The van der Waals surface area contributed by atoms with Gasteiger partial charge in [0.15, 0.2) is 11.5 Å². The summed E-state index contributed by atoms with van der Waals surface area (Å²) >= 11 is 0. The second-order valence-electron chi connectivity index (χ2n) is 9.54. The summed E-state index contributed by atoms with van der Waals surface area (Å²) in [6.45, 7) is 8.69. The van der Waals surface area contributed by atoms with E-state index < -0.39 is 29.2 Å². The van der Waals surface area contributed by atoms with Gasteiger partial charge in [0.05, 0.1) is 13.2 Å². The van der Waals surface area contributed by atoms with Gasteiger partial charge < -0.3 is 20.1 Å². The Kier molecular flexibility index (Phi) is 7.80. The van der Waals surface area contributed by atoms with E-state index >= 15 is 0 Å². The predicted molar refractivity (Wildman–Crippen MR) is 129 cm³/mol. The van der Waals surface area contributed by atoms with Crippen molar-refractivity contribution in [1.29, 1.82) is 0 Å². The second kappa shape index (κ2) is 10.6. The zero-order valence-electron chi connectivity index (χ0n) is 20.4. The maximum atomic E-state index is 13.2. The molecule has 186 valence electrons. The third kappa shape index (κ3) is 7.06. The number of nitroso groups, excluding NO2 is 1. The summed E-state index contributed by atoms with van der Waals surface area (Å²) in [6, 6.07) is 12.0. The first kappa shape index (κ1) is 25.8. The van der Waals surface area contributed by atoms with E-state index in [4.69, 9.17) is 9.47 Å². The number of hydrogen-bond acceptors (Lipinski definition) is 8. The molecule has 0 unspecified atom stereocenters. The maximum Gasteiger partial charge on any atom is 0.408 e. The quantitative estimate of drug-likeness (QED) is 0.443. The molecule has 0 aliphatic heterocycles. The summed E-state index contributed by atoms with van der Waals surface area (Å²) in [5, 5.41) is 16.7. The van der Waals surface area contributed by atoms with Crippen LogP contribution in [0.3, 0.4) is 0 Å². The highest BCUT2D eigenvalue weighted by molar-refractivity contribution is 5.89. The Hall–Kier alpha value is -3.86. The van der Waals surface area contributed by atoms with Crippen molar-refractivity contribution in [2.75, 3.05) is 6.61 Å². The van der Waals surface area contributed by atoms with Gasteiger partial charge in [-0.1, -0.05) is 30.3 Å². The lowest BCUT2D eigenvalue weighted by molar-refractivity contribution is -0.127. The molecule has 0 fully saturated rings. The molecule has 2 amide bonds. The highest BCUT2D eigenvalue weighted by atomic mass is 16.6. The highest BCUT2D eigenvalue weighted by Gasteiger charge is 2.34. The van der Waals surface area contributed by atoms with E-state index in [1.54, 1.807) is 45.1 Å². The van der Waals surface area contributed by atoms with Crippen molar-refractivity contribution in [3.8, 4) is 0 Å². The molecule has 0 saturated carbocycles. The summed E-state index contributed by atoms with van der Waals surface area (Å²) in [5.74, 6) is -0.141. The molecular weight excluding hydrogens is 452 g/mol. The fraction of sp³-hybridized carbons (Fsp3) is 0.417. The lowest BCUT2D eigenvalue weighted by atomic mass is 10.0. The van der Waals surface area contributed by atoms with Gasteiger partial charge in [-0.3, -0.25) is 9.20 Å². The average Bonchev–Trinajstić information content (AvgIpc) is 3.20. The molecule has 0 aliphatic rings. The van der Waals surface area contributed by atoms with Crippen LogP contribution >= 0.6 is 0 Å². The van der Waals surface area contributed by atoms with E-state index in [-0.39, 0.29) is 12.3 Å². The molecule has 3 aromatic rings. The van der Waals surface area contributed by atoms with Gasteiger partial charge in [-0.15, -0.1) is 15.1 Å². The molecule has 0 spiro atoms. The minimum atomic E-state index is -1.31. The Balaban J connectivity index is 1.81. The van der Waals surface area contributed by atoms with Gasteiger partial charge in [-0.25, -0.2) is 4.79 Å².